The van der Waals surface area contributed by atoms with Gasteiger partial charge in [0.15, 0.2) is 5.16 Å². The smallest absolute Gasteiger partial charge is 0.235 e. The summed E-state index contributed by atoms with van der Waals surface area (Å²) in [5, 5.41) is 9.52. The normalized spacial score (nSPS) is 18.8. The Morgan fingerprint density at radius 1 is 1.17 bits per heavy atom. The molecular formula is C18H22N4OS. The molecule has 5 nitrogen and oxygen atoms in total. The molecule has 4 rings (SSSR count). The van der Waals surface area contributed by atoms with E-state index in [1.165, 1.54) is 24.6 Å². The molecule has 0 spiro atoms. The van der Waals surface area contributed by atoms with Gasteiger partial charge in [-0.2, -0.15) is 0 Å². The summed E-state index contributed by atoms with van der Waals surface area (Å²) in [6, 6.07) is 10.2. The third-order valence-corrected chi connectivity index (χ3v) is 5.69. The Morgan fingerprint density at radius 2 is 1.88 bits per heavy atom. The van der Waals surface area contributed by atoms with Gasteiger partial charge >= 0.3 is 0 Å². The largest absolute Gasteiger partial charge is 0.342 e. The molecule has 24 heavy (non-hydrogen) atoms. The molecule has 2 fully saturated rings. The molecule has 1 aliphatic carbocycles. The minimum Gasteiger partial charge on any atom is -0.342 e. The second kappa shape index (κ2) is 6.59. The number of amides is 1. The summed E-state index contributed by atoms with van der Waals surface area (Å²) >= 11 is 1.52. The Morgan fingerprint density at radius 3 is 2.54 bits per heavy atom. The van der Waals surface area contributed by atoms with Gasteiger partial charge in [0, 0.05) is 24.7 Å². The SMILES string of the molecule is C[C@H](Sc1nnc(C2CC2)n1-c1ccccc1)C(=O)N1CCCC1. The first-order valence-corrected chi connectivity index (χ1v) is 9.58. The van der Waals surface area contributed by atoms with Gasteiger partial charge in [-0.15, -0.1) is 10.2 Å². The number of para-hydroxylation sites is 1. The first-order valence-electron chi connectivity index (χ1n) is 8.70. The quantitative estimate of drug-likeness (QED) is 0.783. The lowest BCUT2D eigenvalue weighted by Crippen LogP contribution is -2.34. The minimum absolute atomic E-state index is 0.137. The topological polar surface area (TPSA) is 51.0 Å². The number of rotatable bonds is 5. The summed E-state index contributed by atoms with van der Waals surface area (Å²) in [6.07, 6.45) is 4.60. The van der Waals surface area contributed by atoms with Crippen molar-refractivity contribution in [3.63, 3.8) is 0 Å². The molecule has 1 atom stereocenters. The summed E-state index contributed by atoms with van der Waals surface area (Å²) in [6.45, 7) is 3.76. The van der Waals surface area contributed by atoms with Crippen LogP contribution in [0.1, 0.15) is 44.3 Å². The lowest BCUT2D eigenvalue weighted by Gasteiger charge is -2.20. The first-order chi connectivity index (χ1) is 11.7. The zero-order chi connectivity index (χ0) is 16.5. The Hall–Kier alpha value is -1.82. The van der Waals surface area contributed by atoms with Crippen LogP contribution in [0.3, 0.4) is 0 Å². The molecule has 1 aliphatic heterocycles. The van der Waals surface area contributed by atoms with Crippen molar-refractivity contribution in [1.29, 1.82) is 0 Å². The van der Waals surface area contributed by atoms with E-state index in [1.54, 1.807) is 0 Å². The van der Waals surface area contributed by atoms with E-state index in [0.29, 0.717) is 5.92 Å². The highest BCUT2D eigenvalue weighted by molar-refractivity contribution is 8.00. The molecule has 2 heterocycles. The van der Waals surface area contributed by atoms with E-state index in [0.717, 1.165) is 42.6 Å². The van der Waals surface area contributed by atoms with Crippen molar-refractivity contribution in [2.45, 2.75) is 48.9 Å². The molecule has 1 saturated carbocycles. The van der Waals surface area contributed by atoms with Crippen LogP contribution in [0, 0.1) is 0 Å². The molecule has 126 valence electrons. The number of carbonyl (C=O) groups excluding carboxylic acids is 1. The molecule has 6 heteroatoms. The predicted molar refractivity (Wildman–Crippen MR) is 94.5 cm³/mol. The molecule has 0 bridgehead atoms. The highest BCUT2D eigenvalue weighted by atomic mass is 32.2. The third kappa shape index (κ3) is 3.07. The van der Waals surface area contributed by atoms with E-state index in [9.17, 15) is 4.79 Å². The van der Waals surface area contributed by atoms with Crippen molar-refractivity contribution in [3.8, 4) is 5.69 Å². The van der Waals surface area contributed by atoms with Crippen LogP contribution >= 0.6 is 11.8 Å². The Kier molecular flexibility index (Phi) is 4.31. The fraction of sp³-hybridized carbons (Fsp3) is 0.500. The maximum absolute atomic E-state index is 12.6. The number of nitrogens with zero attached hydrogens (tertiary/aromatic N) is 4. The molecule has 1 amide bonds. The highest BCUT2D eigenvalue weighted by Crippen LogP contribution is 2.41. The van der Waals surface area contributed by atoms with Crippen LogP contribution in [-0.2, 0) is 4.79 Å². The summed E-state index contributed by atoms with van der Waals surface area (Å²) in [5.74, 6) is 1.76. The van der Waals surface area contributed by atoms with Crippen LogP contribution in [0.5, 0.6) is 0 Å². The lowest BCUT2D eigenvalue weighted by molar-refractivity contribution is -0.129. The van der Waals surface area contributed by atoms with Gasteiger partial charge in [-0.3, -0.25) is 9.36 Å². The number of hydrogen-bond donors (Lipinski definition) is 0. The van der Waals surface area contributed by atoms with Gasteiger partial charge in [0.25, 0.3) is 0 Å². The molecule has 0 radical (unpaired) electrons. The Bertz CT molecular complexity index is 720. The molecule has 0 unspecified atom stereocenters. The number of carbonyl (C=O) groups is 1. The molecular weight excluding hydrogens is 320 g/mol. The van der Waals surface area contributed by atoms with E-state index in [2.05, 4.69) is 26.9 Å². The summed E-state index contributed by atoms with van der Waals surface area (Å²) in [5.41, 5.74) is 1.08. The fourth-order valence-electron chi connectivity index (χ4n) is 3.19. The van der Waals surface area contributed by atoms with E-state index < -0.39 is 0 Å². The van der Waals surface area contributed by atoms with Crippen molar-refractivity contribution in [3.05, 3.63) is 36.2 Å². The van der Waals surface area contributed by atoms with Gasteiger partial charge in [0.1, 0.15) is 5.82 Å². The zero-order valence-corrected chi connectivity index (χ0v) is 14.7. The molecule has 2 aromatic rings. The van der Waals surface area contributed by atoms with Crippen molar-refractivity contribution in [1.82, 2.24) is 19.7 Å². The minimum atomic E-state index is -0.137. The summed E-state index contributed by atoms with van der Waals surface area (Å²) in [7, 11) is 0. The highest BCUT2D eigenvalue weighted by Gasteiger charge is 2.32. The average Bonchev–Trinajstić information content (AvgIpc) is 3.15. The molecule has 1 aromatic heterocycles. The van der Waals surface area contributed by atoms with Gasteiger partial charge in [0.2, 0.25) is 5.91 Å². The monoisotopic (exact) mass is 342 g/mol. The second-order valence-corrected chi connectivity index (χ2v) is 7.89. The summed E-state index contributed by atoms with van der Waals surface area (Å²) < 4.78 is 2.14. The number of benzene rings is 1. The van der Waals surface area contributed by atoms with E-state index >= 15 is 0 Å². The van der Waals surface area contributed by atoms with Gasteiger partial charge in [-0.25, -0.2) is 0 Å². The van der Waals surface area contributed by atoms with Crippen LogP contribution in [0.4, 0.5) is 0 Å². The predicted octanol–water partition coefficient (Wildman–Crippen LogP) is 3.25. The maximum Gasteiger partial charge on any atom is 0.235 e. The standard InChI is InChI=1S/C18H22N4OS/c1-13(17(23)21-11-5-6-12-21)24-18-20-19-16(14-9-10-14)22(18)15-7-3-2-4-8-15/h2-4,7-8,13-14H,5-6,9-12H2,1H3/t13-/m0/s1. The number of likely N-dealkylation sites (tertiary alicyclic amines) is 1. The van der Waals surface area contributed by atoms with Gasteiger partial charge < -0.3 is 4.90 Å². The van der Waals surface area contributed by atoms with Crippen molar-refractivity contribution in [2.24, 2.45) is 0 Å². The van der Waals surface area contributed by atoms with Crippen LogP contribution in [0.15, 0.2) is 35.5 Å². The van der Waals surface area contributed by atoms with E-state index in [-0.39, 0.29) is 11.2 Å². The fourth-order valence-corrected chi connectivity index (χ4v) is 4.14. The van der Waals surface area contributed by atoms with Crippen LogP contribution in [-0.4, -0.2) is 43.9 Å². The Labute approximate surface area is 146 Å². The molecule has 0 N–H and O–H groups in total. The van der Waals surface area contributed by atoms with Crippen LogP contribution in [0.2, 0.25) is 0 Å². The number of thioether (sulfide) groups is 1. The molecule has 1 aromatic carbocycles. The van der Waals surface area contributed by atoms with Crippen molar-refractivity contribution < 1.29 is 4.79 Å². The van der Waals surface area contributed by atoms with Gasteiger partial charge in [0.05, 0.1) is 5.25 Å². The van der Waals surface area contributed by atoms with Gasteiger partial charge in [-0.1, -0.05) is 30.0 Å². The average molecular weight is 342 g/mol. The second-order valence-electron chi connectivity index (χ2n) is 6.58. The third-order valence-electron chi connectivity index (χ3n) is 4.66. The Balaban J connectivity index is 1.60. The van der Waals surface area contributed by atoms with E-state index in [4.69, 9.17) is 0 Å². The van der Waals surface area contributed by atoms with Gasteiger partial charge in [-0.05, 0) is 44.7 Å². The van der Waals surface area contributed by atoms with Crippen molar-refractivity contribution >= 4 is 17.7 Å². The number of hydrogen-bond acceptors (Lipinski definition) is 4. The molecule has 1 saturated heterocycles. The van der Waals surface area contributed by atoms with Crippen molar-refractivity contribution in [2.75, 3.05) is 13.1 Å². The maximum atomic E-state index is 12.6. The summed E-state index contributed by atoms with van der Waals surface area (Å²) in [4.78, 5) is 14.6. The zero-order valence-electron chi connectivity index (χ0n) is 13.9. The van der Waals surface area contributed by atoms with Crippen LogP contribution in [0.25, 0.3) is 5.69 Å². The first kappa shape index (κ1) is 15.7. The lowest BCUT2D eigenvalue weighted by atomic mass is 10.3. The number of aromatic nitrogens is 3. The van der Waals surface area contributed by atoms with E-state index in [1.807, 2.05) is 30.0 Å². The van der Waals surface area contributed by atoms with Crippen LogP contribution < -0.4 is 0 Å². The molecule has 2 aliphatic rings.